The minimum Gasteiger partial charge on any atom is -0.462 e. The molecule has 1 atom stereocenters. The SMILES string of the molecule is CC/C=C\C/C=C\C/C=C\C/C=C\CCCCCCCCC(=O)OCC(COC(=O)CCCC/C=C\C/C=C\C/C=C\CC)OC(=O)CCCCCCCCCCCCCCC. The van der Waals surface area contributed by atoms with Gasteiger partial charge >= 0.3 is 17.9 Å². The van der Waals surface area contributed by atoms with E-state index in [2.05, 4.69) is 106 Å². The zero-order chi connectivity index (χ0) is 45.1. The standard InChI is InChI=1S/C56H94O6/c1-4-7-10-13-16-19-22-25-26-27-28-29-30-32-34-37-40-43-46-49-55(58)61-52-53(51-60-54(57)48-45-42-39-36-33-24-21-18-15-12-9-6-3)62-56(59)50-47-44-41-38-35-31-23-20-17-14-11-8-5-2/h7,9-10,12,16,18-19,21,25-26,28-29,33,36,53H,4-6,8,11,13-15,17,20,22-24,27,30-32,34-35,37-52H2,1-3H3/b10-7-,12-9-,19-16-,21-18-,26-25-,29-28-,36-33-. The van der Waals surface area contributed by atoms with Crippen molar-refractivity contribution in [1.82, 2.24) is 0 Å². The van der Waals surface area contributed by atoms with Crippen LogP contribution in [0, 0.1) is 0 Å². The monoisotopic (exact) mass is 863 g/mol. The van der Waals surface area contributed by atoms with Gasteiger partial charge in [-0.3, -0.25) is 14.4 Å². The minimum atomic E-state index is -0.795. The van der Waals surface area contributed by atoms with Gasteiger partial charge in [-0.1, -0.05) is 209 Å². The molecule has 0 aliphatic carbocycles. The Morgan fingerprint density at radius 1 is 0.339 bits per heavy atom. The first-order valence-electron chi connectivity index (χ1n) is 25.6. The van der Waals surface area contributed by atoms with E-state index in [4.69, 9.17) is 14.2 Å². The normalized spacial score (nSPS) is 12.8. The van der Waals surface area contributed by atoms with Crippen molar-refractivity contribution in [1.29, 1.82) is 0 Å². The van der Waals surface area contributed by atoms with E-state index in [-0.39, 0.29) is 31.1 Å². The van der Waals surface area contributed by atoms with Crippen LogP contribution >= 0.6 is 0 Å². The summed E-state index contributed by atoms with van der Waals surface area (Å²) in [5, 5.41) is 0. The molecular formula is C56H94O6. The van der Waals surface area contributed by atoms with E-state index in [1.165, 1.54) is 77.0 Å². The highest BCUT2D eigenvalue weighted by molar-refractivity contribution is 5.71. The Balaban J connectivity index is 4.42. The van der Waals surface area contributed by atoms with E-state index in [1.807, 2.05) is 0 Å². The first-order chi connectivity index (χ1) is 30.5. The van der Waals surface area contributed by atoms with Gasteiger partial charge in [-0.2, -0.15) is 0 Å². The molecule has 0 aromatic rings. The molecule has 0 aliphatic rings. The highest BCUT2D eigenvalue weighted by Crippen LogP contribution is 2.15. The molecule has 0 saturated carbocycles. The lowest BCUT2D eigenvalue weighted by Crippen LogP contribution is -2.30. The minimum absolute atomic E-state index is 0.0953. The van der Waals surface area contributed by atoms with Gasteiger partial charge in [0.05, 0.1) is 0 Å². The Morgan fingerprint density at radius 3 is 1.02 bits per heavy atom. The zero-order valence-electron chi connectivity index (χ0n) is 40.4. The van der Waals surface area contributed by atoms with Crippen LogP contribution in [0.4, 0.5) is 0 Å². The van der Waals surface area contributed by atoms with E-state index in [9.17, 15) is 14.4 Å². The largest absolute Gasteiger partial charge is 0.462 e. The molecule has 0 spiro atoms. The fraction of sp³-hybridized carbons (Fsp3) is 0.696. The third-order valence-corrected chi connectivity index (χ3v) is 10.6. The molecule has 0 N–H and O–H groups in total. The van der Waals surface area contributed by atoms with Crippen LogP contribution in [-0.4, -0.2) is 37.2 Å². The zero-order valence-corrected chi connectivity index (χ0v) is 40.4. The van der Waals surface area contributed by atoms with Gasteiger partial charge in [-0.15, -0.1) is 0 Å². The number of hydrogen-bond acceptors (Lipinski definition) is 6. The van der Waals surface area contributed by atoms with E-state index < -0.39 is 6.10 Å². The lowest BCUT2D eigenvalue weighted by molar-refractivity contribution is -0.167. The van der Waals surface area contributed by atoms with Crippen molar-refractivity contribution in [3.63, 3.8) is 0 Å². The maximum Gasteiger partial charge on any atom is 0.306 e. The van der Waals surface area contributed by atoms with Gasteiger partial charge in [0.15, 0.2) is 6.10 Å². The third kappa shape index (κ3) is 47.6. The highest BCUT2D eigenvalue weighted by Gasteiger charge is 2.19. The van der Waals surface area contributed by atoms with Crippen LogP contribution in [0.15, 0.2) is 85.1 Å². The molecule has 0 radical (unpaired) electrons. The van der Waals surface area contributed by atoms with Crippen molar-refractivity contribution >= 4 is 17.9 Å². The fourth-order valence-electron chi connectivity index (χ4n) is 6.86. The summed E-state index contributed by atoms with van der Waals surface area (Å²) in [6.07, 6.45) is 64.3. The second-order valence-electron chi connectivity index (χ2n) is 16.7. The number of hydrogen-bond donors (Lipinski definition) is 0. The van der Waals surface area contributed by atoms with Crippen molar-refractivity contribution < 1.29 is 28.6 Å². The quantitative estimate of drug-likeness (QED) is 0.0263. The molecule has 0 aromatic carbocycles. The first-order valence-corrected chi connectivity index (χ1v) is 25.6. The van der Waals surface area contributed by atoms with Crippen LogP contribution in [0.2, 0.25) is 0 Å². The van der Waals surface area contributed by atoms with Gasteiger partial charge in [-0.25, -0.2) is 0 Å². The summed E-state index contributed by atoms with van der Waals surface area (Å²) in [6, 6.07) is 0. The lowest BCUT2D eigenvalue weighted by Gasteiger charge is -2.18. The maximum atomic E-state index is 12.8. The molecule has 0 bridgehead atoms. The number of rotatable bonds is 45. The van der Waals surface area contributed by atoms with Gasteiger partial charge in [0.2, 0.25) is 0 Å². The summed E-state index contributed by atoms with van der Waals surface area (Å²) < 4.78 is 16.7. The van der Waals surface area contributed by atoms with Crippen molar-refractivity contribution in [3.05, 3.63) is 85.1 Å². The van der Waals surface area contributed by atoms with Gasteiger partial charge in [0, 0.05) is 19.3 Å². The number of ether oxygens (including phenoxy) is 3. The Hall–Kier alpha value is -3.41. The fourth-order valence-corrected chi connectivity index (χ4v) is 6.86. The molecular weight excluding hydrogens is 769 g/mol. The number of carbonyl (C=O) groups is 3. The van der Waals surface area contributed by atoms with Crippen LogP contribution in [-0.2, 0) is 28.6 Å². The molecule has 354 valence electrons. The molecule has 0 fully saturated rings. The topological polar surface area (TPSA) is 78.9 Å². The molecule has 0 heterocycles. The molecule has 0 aliphatic heterocycles. The molecule has 62 heavy (non-hydrogen) atoms. The van der Waals surface area contributed by atoms with E-state index >= 15 is 0 Å². The van der Waals surface area contributed by atoms with Crippen molar-refractivity contribution in [2.24, 2.45) is 0 Å². The Bertz CT molecular complexity index is 1220. The maximum absolute atomic E-state index is 12.8. The van der Waals surface area contributed by atoms with Crippen LogP contribution in [0.1, 0.15) is 233 Å². The summed E-state index contributed by atoms with van der Waals surface area (Å²) in [7, 11) is 0. The van der Waals surface area contributed by atoms with Crippen molar-refractivity contribution in [3.8, 4) is 0 Å². The van der Waals surface area contributed by atoms with Crippen LogP contribution in [0.5, 0.6) is 0 Å². The predicted octanol–water partition coefficient (Wildman–Crippen LogP) is 16.8. The van der Waals surface area contributed by atoms with Gasteiger partial charge < -0.3 is 14.2 Å². The molecule has 0 amide bonds. The molecule has 0 aromatic heterocycles. The summed E-state index contributed by atoms with van der Waals surface area (Å²) in [4.78, 5) is 37.9. The average Bonchev–Trinajstić information content (AvgIpc) is 3.27. The summed E-state index contributed by atoms with van der Waals surface area (Å²) >= 11 is 0. The predicted molar refractivity (Wildman–Crippen MR) is 265 cm³/mol. The number of allylic oxidation sites excluding steroid dienone is 14. The van der Waals surface area contributed by atoms with Crippen molar-refractivity contribution in [2.75, 3.05) is 13.2 Å². The summed E-state index contributed by atoms with van der Waals surface area (Å²) in [6.45, 7) is 6.36. The molecule has 6 nitrogen and oxygen atoms in total. The van der Waals surface area contributed by atoms with E-state index in [1.54, 1.807) is 0 Å². The average molecular weight is 863 g/mol. The van der Waals surface area contributed by atoms with Gasteiger partial charge in [0.25, 0.3) is 0 Å². The molecule has 0 rings (SSSR count). The van der Waals surface area contributed by atoms with Gasteiger partial charge in [-0.05, 0) is 89.9 Å². The first kappa shape index (κ1) is 58.6. The van der Waals surface area contributed by atoms with E-state index in [0.29, 0.717) is 19.3 Å². The number of carbonyl (C=O) groups excluding carboxylic acids is 3. The van der Waals surface area contributed by atoms with Crippen LogP contribution in [0.25, 0.3) is 0 Å². The summed E-state index contributed by atoms with van der Waals surface area (Å²) in [5.41, 5.74) is 0. The molecule has 1 unspecified atom stereocenters. The highest BCUT2D eigenvalue weighted by atomic mass is 16.6. The Labute approximate surface area is 382 Å². The second-order valence-corrected chi connectivity index (χ2v) is 16.7. The lowest BCUT2D eigenvalue weighted by atomic mass is 10.0. The van der Waals surface area contributed by atoms with Crippen LogP contribution in [0.3, 0.4) is 0 Å². The van der Waals surface area contributed by atoms with Gasteiger partial charge in [0.1, 0.15) is 13.2 Å². The Morgan fingerprint density at radius 2 is 0.629 bits per heavy atom. The number of unbranched alkanes of at least 4 members (excludes halogenated alkanes) is 20. The Kier molecular flexibility index (Phi) is 47.5. The van der Waals surface area contributed by atoms with Crippen LogP contribution < -0.4 is 0 Å². The smallest absolute Gasteiger partial charge is 0.306 e. The molecule has 6 heteroatoms. The summed E-state index contributed by atoms with van der Waals surface area (Å²) in [5.74, 6) is -0.948. The number of esters is 3. The van der Waals surface area contributed by atoms with Crippen molar-refractivity contribution in [2.45, 2.75) is 239 Å². The second kappa shape index (κ2) is 50.2. The van der Waals surface area contributed by atoms with E-state index in [0.717, 1.165) is 116 Å². The third-order valence-electron chi connectivity index (χ3n) is 10.6. The molecule has 0 saturated heterocycles.